The maximum atomic E-state index is 12.8. The number of anilines is 1. The van der Waals surface area contributed by atoms with E-state index in [1.54, 1.807) is 47.0 Å². The van der Waals surface area contributed by atoms with Gasteiger partial charge < -0.3 is 10.5 Å². The van der Waals surface area contributed by atoms with Crippen LogP contribution in [-0.4, -0.2) is 29.0 Å². The van der Waals surface area contributed by atoms with Crippen LogP contribution in [0.15, 0.2) is 58.3 Å². The van der Waals surface area contributed by atoms with Crippen LogP contribution in [0.1, 0.15) is 5.56 Å². The monoisotopic (exact) mass is 416 g/mol. The van der Waals surface area contributed by atoms with Crippen LogP contribution in [0, 0.1) is 0 Å². The van der Waals surface area contributed by atoms with E-state index in [9.17, 15) is 9.59 Å². The lowest BCUT2D eigenvalue weighted by Crippen LogP contribution is -2.27. The molecule has 0 radical (unpaired) electrons. The van der Waals surface area contributed by atoms with Crippen LogP contribution in [0.5, 0.6) is 5.75 Å². The van der Waals surface area contributed by atoms with Gasteiger partial charge in [-0.1, -0.05) is 42.2 Å². The summed E-state index contributed by atoms with van der Waals surface area (Å²) in [5.41, 5.74) is 6.65. The molecule has 1 aliphatic heterocycles. The van der Waals surface area contributed by atoms with Crippen LogP contribution in [0.4, 0.5) is 5.69 Å². The van der Waals surface area contributed by atoms with Gasteiger partial charge in [-0.3, -0.25) is 14.5 Å². The van der Waals surface area contributed by atoms with Gasteiger partial charge in [-0.2, -0.15) is 0 Å². The zero-order valence-electron chi connectivity index (χ0n) is 14.4. The highest BCUT2D eigenvalue weighted by molar-refractivity contribution is 8.27. The number of carbonyl (C=O) groups excluding carboxylic acids is 2. The van der Waals surface area contributed by atoms with Gasteiger partial charge in [-0.05, 0) is 48.2 Å². The second kappa shape index (κ2) is 8.60. The van der Waals surface area contributed by atoms with Crippen molar-refractivity contribution >= 4 is 63.6 Å². The second-order valence-electron chi connectivity index (χ2n) is 5.54. The fourth-order valence-corrected chi connectivity index (χ4v) is 4.16. The Kier molecular flexibility index (Phi) is 6.20. The molecule has 0 atom stereocenters. The third-order valence-corrected chi connectivity index (χ3v) is 5.69. The van der Waals surface area contributed by atoms with Gasteiger partial charge in [0.25, 0.3) is 11.8 Å². The van der Waals surface area contributed by atoms with E-state index in [0.29, 0.717) is 15.0 Å². The highest BCUT2D eigenvalue weighted by atomic mass is 32.2. The van der Waals surface area contributed by atoms with Gasteiger partial charge in [-0.25, -0.2) is 0 Å². The molecule has 138 valence electrons. The molecule has 0 saturated carbocycles. The maximum absolute atomic E-state index is 12.8. The summed E-state index contributed by atoms with van der Waals surface area (Å²) in [4.78, 5) is 26.8. The Hall–Kier alpha value is -2.29. The zero-order chi connectivity index (χ0) is 19.4. The third kappa shape index (κ3) is 4.71. The lowest BCUT2D eigenvalue weighted by Gasteiger charge is -2.15. The predicted octanol–water partition coefficient (Wildman–Crippen LogP) is 3.68. The van der Waals surface area contributed by atoms with Gasteiger partial charge >= 0.3 is 0 Å². The van der Waals surface area contributed by atoms with Gasteiger partial charge in [0, 0.05) is 4.90 Å². The van der Waals surface area contributed by atoms with E-state index >= 15 is 0 Å². The standard InChI is InChI=1S/C19H16N2O3S3/c1-26-15-4-2-3-13(10-15)21-18(23)16(27-19(21)25)9-12-5-7-14(8-6-12)24-11-17(20)22/h2-10H,11H2,1H3,(H2,20,22)/b16-9-. The average molecular weight is 417 g/mol. The van der Waals surface area contributed by atoms with Crippen LogP contribution in [-0.2, 0) is 9.59 Å². The van der Waals surface area contributed by atoms with Crippen molar-refractivity contribution in [2.45, 2.75) is 4.90 Å². The summed E-state index contributed by atoms with van der Waals surface area (Å²) in [6.45, 7) is -0.173. The van der Waals surface area contributed by atoms with Crippen molar-refractivity contribution in [3.05, 3.63) is 59.0 Å². The fraction of sp³-hybridized carbons (Fsp3) is 0.105. The molecule has 1 fully saturated rings. The Balaban J connectivity index is 1.78. The number of primary amides is 1. The second-order valence-corrected chi connectivity index (χ2v) is 8.10. The summed E-state index contributed by atoms with van der Waals surface area (Å²) in [6.07, 6.45) is 3.77. The molecule has 2 N–H and O–H groups in total. The van der Waals surface area contributed by atoms with Gasteiger partial charge in [-0.15, -0.1) is 11.8 Å². The molecule has 3 rings (SSSR count). The van der Waals surface area contributed by atoms with Crippen LogP contribution < -0.4 is 15.4 Å². The van der Waals surface area contributed by atoms with E-state index < -0.39 is 5.91 Å². The molecule has 1 saturated heterocycles. The van der Waals surface area contributed by atoms with Crippen molar-refractivity contribution in [1.82, 2.24) is 0 Å². The number of ether oxygens (including phenoxy) is 1. The predicted molar refractivity (Wildman–Crippen MR) is 115 cm³/mol. The molecular formula is C19H16N2O3S3. The zero-order valence-corrected chi connectivity index (χ0v) is 16.8. The van der Waals surface area contributed by atoms with Crippen molar-refractivity contribution in [2.75, 3.05) is 17.8 Å². The van der Waals surface area contributed by atoms with E-state index in [-0.39, 0.29) is 12.5 Å². The van der Waals surface area contributed by atoms with E-state index in [0.717, 1.165) is 16.1 Å². The lowest BCUT2D eigenvalue weighted by molar-refractivity contribution is -0.120. The first-order valence-corrected chi connectivity index (χ1v) is 10.4. The van der Waals surface area contributed by atoms with Gasteiger partial charge in [0.05, 0.1) is 10.6 Å². The van der Waals surface area contributed by atoms with E-state index in [4.69, 9.17) is 22.7 Å². The number of hydrogen-bond donors (Lipinski definition) is 1. The minimum atomic E-state index is -0.534. The first-order chi connectivity index (χ1) is 13.0. The summed E-state index contributed by atoms with van der Waals surface area (Å²) in [5, 5.41) is 0. The molecular weight excluding hydrogens is 400 g/mol. The van der Waals surface area contributed by atoms with Crippen LogP contribution >= 0.6 is 35.7 Å². The number of hydrogen-bond acceptors (Lipinski definition) is 6. The van der Waals surface area contributed by atoms with Crippen molar-refractivity contribution < 1.29 is 14.3 Å². The fourth-order valence-electron chi connectivity index (χ4n) is 2.41. The van der Waals surface area contributed by atoms with E-state index in [2.05, 4.69) is 0 Å². The molecule has 27 heavy (non-hydrogen) atoms. The van der Waals surface area contributed by atoms with Crippen LogP contribution in [0.2, 0.25) is 0 Å². The maximum Gasteiger partial charge on any atom is 0.270 e. The molecule has 8 heteroatoms. The molecule has 0 unspecified atom stereocenters. The van der Waals surface area contributed by atoms with Gasteiger partial charge in [0.15, 0.2) is 10.9 Å². The highest BCUT2D eigenvalue weighted by Gasteiger charge is 2.33. The number of rotatable bonds is 6. The van der Waals surface area contributed by atoms with Crippen LogP contribution in [0.3, 0.4) is 0 Å². The summed E-state index contributed by atoms with van der Waals surface area (Å²) in [7, 11) is 0. The molecule has 2 aromatic rings. The number of benzene rings is 2. The third-order valence-electron chi connectivity index (χ3n) is 3.66. The molecule has 2 amide bonds. The normalized spacial score (nSPS) is 15.4. The van der Waals surface area contributed by atoms with E-state index in [1.807, 2.05) is 30.5 Å². The SMILES string of the molecule is CSc1cccc(N2C(=O)/C(=C/c3ccc(OCC(N)=O)cc3)SC2=S)c1. The molecule has 2 aromatic carbocycles. The summed E-state index contributed by atoms with van der Waals surface area (Å²) in [5.74, 6) is -0.141. The number of carbonyl (C=O) groups is 2. The molecule has 1 aliphatic rings. The Morgan fingerprint density at radius 2 is 2.04 bits per heavy atom. The van der Waals surface area contributed by atoms with E-state index in [1.165, 1.54) is 11.8 Å². The molecule has 5 nitrogen and oxygen atoms in total. The smallest absolute Gasteiger partial charge is 0.270 e. The largest absolute Gasteiger partial charge is 0.484 e. The first kappa shape index (κ1) is 19.5. The van der Waals surface area contributed by atoms with Gasteiger partial charge in [0.2, 0.25) is 0 Å². The van der Waals surface area contributed by atoms with Crippen molar-refractivity contribution in [1.29, 1.82) is 0 Å². The lowest BCUT2D eigenvalue weighted by atomic mass is 10.2. The first-order valence-electron chi connectivity index (χ1n) is 7.91. The summed E-state index contributed by atoms with van der Waals surface area (Å²) >= 11 is 8.29. The Labute approximate surface area is 170 Å². The average Bonchev–Trinajstić information content (AvgIpc) is 2.94. The van der Waals surface area contributed by atoms with Gasteiger partial charge in [0.1, 0.15) is 5.75 Å². The molecule has 0 bridgehead atoms. The number of amides is 2. The number of nitrogens with two attached hydrogens (primary N) is 1. The van der Waals surface area contributed by atoms with Crippen molar-refractivity contribution in [3.63, 3.8) is 0 Å². The Morgan fingerprint density at radius 3 is 2.70 bits per heavy atom. The Bertz CT molecular complexity index is 926. The minimum Gasteiger partial charge on any atom is -0.484 e. The molecule has 1 heterocycles. The number of thiocarbonyl (C=S) groups is 1. The Morgan fingerprint density at radius 1 is 1.30 bits per heavy atom. The topological polar surface area (TPSA) is 72.6 Å². The molecule has 0 aliphatic carbocycles. The molecule has 0 aromatic heterocycles. The highest BCUT2D eigenvalue weighted by Crippen LogP contribution is 2.37. The molecule has 0 spiro atoms. The van der Waals surface area contributed by atoms with Crippen molar-refractivity contribution in [3.8, 4) is 5.75 Å². The minimum absolute atomic E-state index is 0.141. The number of nitrogens with zero attached hydrogens (tertiary/aromatic N) is 1. The summed E-state index contributed by atoms with van der Waals surface area (Å²) in [6, 6.07) is 14.8. The van der Waals surface area contributed by atoms with Crippen LogP contribution in [0.25, 0.3) is 6.08 Å². The quantitative estimate of drug-likeness (QED) is 0.440. The van der Waals surface area contributed by atoms with Crippen molar-refractivity contribution in [2.24, 2.45) is 5.73 Å². The number of thioether (sulfide) groups is 2. The summed E-state index contributed by atoms with van der Waals surface area (Å²) < 4.78 is 5.73.